The molecule has 0 saturated heterocycles. The van der Waals surface area contributed by atoms with Crippen LogP contribution in [-0.4, -0.2) is 13.0 Å². The van der Waals surface area contributed by atoms with E-state index >= 15 is 0 Å². The van der Waals surface area contributed by atoms with Crippen LogP contribution in [0.5, 0.6) is 0 Å². The van der Waals surface area contributed by atoms with E-state index in [-0.39, 0.29) is 4.90 Å². The molecule has 1 aromatic carbocycles. The fraction of sp³-hybridized carbons (Fsp3) is 0.250. The van der Waals surface area contributed by atoms with Gasteiger partial charge in [-0.1, -0.05) is 12.1 Å². The monoisotopic (exact) mass is 185 g/mol. The van der Waals surface area contributed by atoms with Gasteiger partial charge in [-0.25, -0.2) is 0 Å². The summed E-state index contributed by atoms with van der Waals surface area (Å²) >= 11 is 0. The summed E-state index contributed by atoms with van der Waals surface area (Å²) < 4.78 is 30.4. The minimum Gasteiger partial charge on any atom is -0.282 e. The van der Waals surface area contributed by atoms with E-state index in [1.165, 1.54) is 0 Å². The predicted octanol–water partition coefficient (Wildman–Crippen LogP) is 1.35. The molecule has 0 bridgehead atoms. The van der Waals surface area contributed by atoms with Crippen LogP contribution in [0.4, 0.5) is 0 Å². The van der Waals surface area contributed by atoms with Crippen molar-refractivity contribution in [3.05, 3.63) is 29.3 Å². The maximum absolute atomic E-state index is 10.8. The fourth-order valence-electron chi connectivity index (χ4n) is 1.13. The maximum atomic E-state index is 10.8. The second-order valence-corrected chi connectivity index (χ2v) is 3.95. The van der Waals surface area contributed by atoms with E-state index in [1.807, 2.05) is 0 Å². The number of benzene rings is 1. The molecule has 0 aromatic heterocycles. The van der Waals surface area contributed by atoms with E-state index in [0.29, 0.717) is 11.1 Å². The van der Waals surface area contributed by atoms with Crippen molar-refractivity contribution in [1.82, 2.24) is 0 Å². The molecule has 0 heterocycles. The Hall–Kier alpha value is -0.870. The molecule has 0 aliphatic rings. The predicted molar refractivity (Wildman–Crippen MR) is 44.6 cm³/mol. The van der Waals surface area contributed by atoms with Gasteiger partial charge in [0.2, 0.25) is 0 Å². The summed E-state index contributed by atoms with van der Waals surface area (Å²) in [6.45, 7) is 3.22. The van der Waals surface area contributed by atoms with Crippen LogP contribution < -0.4 is 0 Å². The first-order valence-corrected chi connectivity index (χ1v) is 4.82. The van der Waals surface area contributed by atoms with Gasteiger partial charge in [-0.05, 0) is 31.0 Å². The molecule has 0 aliphatic carbocycles. The third kappa shape index (κ3) is 1.65. The van der Waals surface area contributed by atoms with E-state index in [2.05, 4.69) is 6.07 Å². The highest BCUT2D eigenvalue weighted by Gasteiger charge is 2.15. The average molecular weight is 185 g/mol. The Morgan fingerprint density at radius 3 is 2.33 bits per heavy atom. The molecular formula is C8H9O3S. The van der Waals surface area contributed by atoms with Crippen LogP contribution in [0.25, 0.3) is 0 Å². The molecule has 0 saturated carbocycles. The van der Waals surface area contributed by atoms with Crippen LogP contribution in [0.15, 0.2) is 17.0 Å². The van der Waals surface area contributed by atoms with Crippen molar-refractivity contribution in [3.8, 4) is 0 Å². The smallest absolute Gasteiger partial charge is 0.282 e. The van der Waals surface area contributed by atoms with Gasteiger partial charge in [-0.15, -0.1) is 0 Å². The maximum Gasteiger partial charge on any atom is 0.295 e. The lowest BCUT2D eigenvalue weighted by molar-refractivity contribution is 0.482. The number of hydrogen-bond donors (Lipinski definition) is 1. The average Bonchev–Trinajstić information content (AvgIpc) is 1.82. The third-order valence-corrected chi connectivity index (χ3v) is 2.73. The normalized spacial score (nSPS) is 11.6. The van der Waals surface area contributed by atoms with E-state index in [1.54, 1.807) is 26.0 Å². The molecule has 0 aliphatic heterocycles. The summed E-state index contributed by atoms with van der Waals surface area (Å²) in [6, 6.07) is 5.93. The molecule has 65 valence electrons. The van der Waals surface area contributed by atoms with Gasteiger partial charge in [0, 0.05) is 0 Å². The van der Waals surface area contributed by atoms with E-state index in [0.717, 1.165) is 0 Å². The first-order valence-electron chi connectivity index (χ1n) is 3.38. The highest BCUT2D eigenvalue weighted by molar-refractivity contribution is 7.86. The Morgan fingerprint density at radius 2 is 2.00 bits per heavy atom. The van der Waals surface area contributed by atoms with Crippen LogP contribution in [0.2, 0.25) is 0 Å². The molecule has 0 unspecified atom stereocenters. The molecule has 0 spiro atoms. The van der Waals surface area contributed by atoms with Gasteiger partial charge in [0.15, 0.2) is 0 Å². The largest absolute Gasteiger partial charge is 0.295 e. The van der Waals surface area contributed by atoms with Gasteiger partial charge in [-0.3, -0.25) is 4.55 Å². The van der Waals surface area contributed by atoms with Crippen molar-refractivity contribution in [2.24, 2.45) is 0 Å². The van der Waals surface area contributed by atoms with Crippen molar-refractivity contribution < 1.29 is 13.0 Å². The second kappa shape index (κ2) is 2.88. The first-order chi connectivity index (χ1) is 5.43. The van der Waals surface area contributed by atoms with Crippen molar-refractivity contribution >= 4 is 10.1 Å². The molecular weight excluding hydrogens is 176 g/mol. The Balaban J connectivity index is 3.53. The number of rotatable bonds is 1. The molecule has 1 aromatic rings. The summed E-state index contributed by atoms with van der Waals surface area (Å²) in [5.74, 6) is 0. The number of aryl methyl sites for hydroxylation is 2. The lowest BCUT2D eigenvalue weighted by atomic mass is 10.2. The van der Waals surface area contributed by atoms with E-state index < -0.39 is 10.1 Å². The molecule has 0 amide bonds. The molecule has 0 atom stereocenters. The second-order valence-electron chi connectivity index (χ2n) is 2.59. The van der Waals surface area contributed by atoms with Crippen molar-refractivity contribution in [2.75, 3.05) is 0 Å². The Kier molecular flexibility index (Phi) is 2.21. The van der Waals surface area contributed by atoms with Gasteiger partial charge < -0.3 is 0 Å². The summed E-state index contributed by atoms with van der Waals surface area (Å²) in [5.41, 5.74) is 0.978. The topological polar surface area (TPSA) is 54.4 Å². The quantitative estimate of drug-likeness (QED) is 0.672. The minimum absolute atomic E-state index is 0.0370. The fourth-order valence-corrected chi connectivity index (χ4v) is 2.05. The number of hydrogen-bond acceptors (Lipinski definition) is 2. The first kappa shape index (κ1) is 9.22. The van der Waals surface area contributed by atoms with Gasteiger partial charge in [0.1, 0.15) is 4.90 Å². The standard InChI is InChI=1S/C8H9O3S/c1-6-4-3-5-7(2)8(6)12(9,10)11/h3-4H,1-2H3,(H,9,10,11). The van der Waals surface area contributed by atoms with Gasteiger partial charge >= 0.3 is 0 Å². The zero-order valence-corrected chi connectivity index (χ0v) is 7.64. The Morgan fingerprint density at radius 1 is 1.42 bits per heavy atom. The highest BCUT2D eigenvalue weighted by atomic mass is 32.2. The molecule has 1 N–H and O–H groups in total. The zero-order valence-electron chi connectivity index (χ0n) is 6.83. The summed E-state index contributed by atoms with van der Waals surface area (Å²) in [6.07, 6.45) is 0. The van der Waals surface area contributed by atoms with Crippen LogP contribution in [0, 0.1) is 19.9 Å². The Bertz CT molecular complexity index is 373. The molecule has 1 radical (unpaired) electrons. The zero-order chi connectivity index (χ0) is 9.35. The Labute approximate surface area is 71.8 Å². The molecule has 0 fully saturated rings. The highest BCUT2D eigenvalue weighted by Crippen LogP contribution is 2.17. The lowest BCUT2D eigenvalue weighted by Crippen LogP contribution is -2.03. The lowest BCUT2D eigenvalue weighted by Gasteiger charge is -2.04. The molecule has 1 rings (SSSR count). The van der Waals surface area contributed by atoms with Crippen molar-refractivity contribution in [1.29, 1.82) is 0 Å². The van der Waals surface area contributed by atoms with Gasteiger partial charge in [0.05, 0.1) is 0 Å². The van der Waals surface area contributed by atoms with Crippen LogP contribution in [0.1, 0.15) is 11.1 Å². The molecule has 4 heteroatoms. The molecule has 12 heavy (non-hydrogen) atoms. The minimum atomic E-state index is -4.10. The van der Waals surface area contributed by atoms with E-state index in [9.17, 15) is 8.42 Å². The van der Waals surface area contributed by atoms with Crippen LogP contribution in [0.3, 0.4) is 0 Å². The van der Waals surface area contributed by atoms with E-state index in [4.69, 9.17) is 4.55 Å². The van der Waals surface area contributed by atoms with Gasteiger partial charge in [-0.2, -0.15) is 8.42 Å². The SMILES string of the molecule is Cc1[c]ccc(C)c1S(=O)(=O)O. The summed E-state index contributed by atoms with van der Waals surface area (Å²) in [7, 11) is -4.10. The molecule has 3 nitrogen and oxygen atoms in total. The third-order valence-electron chi connectivity index (χ3n) is 1.59. The van der Waals surface area contributed by atoms with Crippen LogP contribution in [-0.2, 0) is 10.1 Å². The summed E-state index contributed by atoms with van der Waals surface area (Å²) in [5, 5.41) is 0. The van der Waals surface area contributed by atoms with Gasteiger partial charge in [0.25, 0.3) is 10.1 Å². The van der Waals surface area contributed by atoms with Crippen LogP contribution >= 0.6 is 0 Å². The van der Waals surface area contributed by atoms with Crippen molar-refractivity contribution in [3.63, 3.8) is 0 Å². The van der Waals surface area contributed by atoms with Crippen molar-refractivity contribution in [2.45, 2.75) is 18.7 Å². The summed E-state index contributed by atoms with van der Waals surface area (Å²) in [4.78, 5) is -0.0370.